The SMILES string of the molecule is COc1nc(-c2cccc(-c3ccc4c(c3)OCCO4)c2Cl)c(C)cc1CO. The topological polar surface area (TPSA) is 60.8 Å². The van der Waals surface area contributed by atoms with Gasteiger partial charge in [0.25, 0.3) is 0 Å². The Morgan fingerprint density at radius 1 is 1.07 bits per heavy atom. The van der Waals surface area contributed by atoms with Crippen LogP contribution in [0.25, 0.3) is 22.4 Å². The molecule has 0 amide bonds. The molecule has 0 radical (unpaired) electrons. The molecule has 6 heteroatoms. The second-order valence-electron chi connectivity index (χ2n) is 6.51. The van der Waals surface area contributed by atoms with Gasteiger partial charge >= 0.3 is 0 Å². The van der Waals surface area contributed by atoms with Crippen molar-refractivity contribution in [3.8, 4) is 39.8 Å². The van der Waals surface area contributed by atoms with E-state index < -0.39 is 0 Å². The third kappa shape index (κ3) is 3.28. The van der Waals surface area contributed by atoms with Crippen molar-refractivity contribution in [1.82, 2.24) is 4.98 Å². The first-order valence-corrected chi connectivity index (χ1v) is 9.34. The van der Waals surface area contributed by atoms with Crippen molar-refractivity contribution in [3.63, 3.8) is 0 Å². The Morgan fingerprint density at radius 3 is 2.57 bits per heavy atom. The lowest BCUT2D eigenvalue weighted by molar-refractivity contribution is 0.171. The van der Waals surface area contributed by atoms with Gasteiger partial charge in [-0.15, -0.1) is 0 Å². The van der Waals surface area contributed by atoms with E-state index in [9.17, 15) is 5.11 Å². The van der Waals surface area contributed by atoms with Gasteiger partial charge in [-0.05, 0) is 36.2 Å². The number of aliphatic hydroxyl groups excluding tert-OH is 1. The Bertz CT molecular complexity index is 1040. The van der Waals surface area contributed by atoms with Gasteiger partial charge in [-0.2, -0.15) is 0 Å². The summed E-state index contributed by atoms with van der Waals surface area (Å²) in [6, 6.07) is 13.5. The number of methoxy groups -OCH3 is 1. The maximum atomic E-state index is 9.51. The monoisotopic (exact) mass is 397 g/mol. The third-order valence-corrected chi connectivity index (χ3v) is 5.13. The molecule has 0 bridgehead atoms. The molecule has 2 heterocycles. The highest BCUT2D eigenvalue weighted by atomic mass is 35.5. The van der Waals surface area contributed by atoms with Gasteiger partial charge in [0.1, 0.15) is 13.2 Å². The fraction of sp³-hybridized carbons (Fsp3) is 0.227. The van der Waals surface area contributed by atoms with E-state index in [4.69, 9.17) is 25.8 Å². The van der Waals surface area contributed by atoms with Crippen LogP contribution < -0.4 is 14.2 Å². The molecule has 0 unspecified atom stereocenters. The van der Waals surface area contributed by atoms with Crippen molar-refractivity contribution in [1.29, 1.82) is 0 Å². The molecule has 0 atom stereocenters. The molecule has 1 aliphatic heterocycles. The van der Waals surface area contributed by atoms with Crippen LogP contribution in [-0.2, 0) is 6.61 Å². The molecule has 144 valence electrons. The third-order valence-electron chi connectivity index (χ3n) is 4.72. The van der Waals surface area contributed by atoms with Gasteiger partial charge in [-0.1, -0.05) is 35.9 Å². The number of nitrogens with zero attached hydrogens (tertiary/aromatic N) is 1. The minimum Gasteiger partial charge on any atom is -0.486 e. The Balaban J connectivity index is 1.82. The number of aromatic nitrogens is 1. The average molecular weight is 398 g/mol. The Hall–Kier alpha value is -2.76. The second-order valence-corrected chi connectivity index (χ2v) is 6.88. The molecule has 28 heavy (non-hydrogen) atoms. The zero-order chi connectivity index (χ0) is 19.7. The van der Waals surface area contributed by atoms with Crippen LogP contribution in [0.2, 0.25) is 5.02 Å². The van der Waals surface area contributed by atoms with Crippen LogP contribution in [0.3, 0.4) is 0 Å². The van der Waals surface area contributed by atoms with E-state index in [0.29, 0.717) is 35.4 Å². The smallest absolute Gasteiger partial charge is 0.219 e. The number of ether oxygens (including phenoxy) is 3. The molecule has 0 saturated heterocycles. The van der Waals surface area contributed by atoms with E-state index in [1.165, 1.54) is 7.11 Å². The van der Waals surface area contributed by atoms with E-state index in [2.05, 4.69) is 4.98 Å². The largest absolute Gasteiger partial charge is 0.486 e. The molecule has 0 spiro atoms. The zero-order valence-corrected chi connectivity index (χ0v) is 16.4. The van der Waals surface area contributed by atoms with Crippen LogP contribution >= 0.6 is 11.6 Å². The van der Waals surface area contributed by atoms with Gasteiger partial charge in [0, 0.05) is 16.7 Å². The summed E-state index contributed by atoms with van der Waals surface area (Å²) in [6.45, 7) is 2.89. The predicted molar refractivity (Wildman–Crippen MR) is 108 cm³/mol. The molecule has 1 aliphatic rings. The highest BCUT2D eigenvalue weighted by molar-refractivity contribution is 6.36. The van der Waals surface area contributed by atoms with E-state index >= 15 is 0 Å². The summed E-state index contributed by atoms with van der Waals surface area (Å²) in [5, 5.41) is 10.1. The quantitative estimate of drug-likeness (QED) is 0.694. The first-order valence-electron chi connectivity index (χ1n) is 8.96. The lowest BCUT2D eigenvalue weighted by Gasteiger charge is -2.19. The normalized spacial score (nSPS) is 12.7. The Kier molecular flexibility index (Phi) is 5.11. The molecular formula is C22H20ClNO4. The minimum atomic E-state index is -0.137. The molecule has 0 saturated carbocycles. The van der Waals surface area contributed by atoms with Crippen molar-refractivity contribution in [2.75, 3.05) is 20.3 Å². The van der Waals surface area contributed by atoms with Gasteiger partial charge in [0.05, 0.1) is 24.4 Å². The summed E-state index contributed by atoms with van der Waals surface area (Å²) in [5.74, 6) is 1.85. The van der Waals surface area contributed by atoms with Crippen molar-refractivity contribution in [2.45, 2.75) is 13.5 Å². The fourth-order valence-corrected chi connectivity index (χ4v) is 3.69. The van der Waals surface area contributed by atoms with Crippen LogP contribution in [0, 0.1) is 6.92 Å². The van der Waals surface area contributed by atoms with E-state index in [1.54, 1.807) is 0 Å². The van der Waals surface area contributed by atoms with Crippen molar-refractivity contribution in [3.05, 3.63) is 58.6 Å². The van der Waals surface area contributed by atoms with Gasteiger partial charge in [0.15, 0.2) is 11.5 Å². The first-order chi connectivity index (χ1) is 13.6. The van der Waals surface area contributed by atoms with Crippen LogP contribution in [0.1, 0.15) is 11.1 Å². The minimum absolute atomic E-state index is 0.137. The van der Waals surface area contributed by atoms with E-state index in [1.807, 2.05) is 49.4 Å². The highest BCUT2D eigenvalue weighted by Gasteiger charge is 2.18. The molecule has 3 aromatic rings. The molecule has 1 N–H and O–H groups in total. The van der Waals surface area contributed by atoms with Crippen LogP contribution in [0.5, 0.6) is 17.4 Å². The Labute approximate surface area is 168 Å². The number of benzene rings is 2. The predicted octanol–water partition coefficient (Wildman–Crippen LogP) is 4.65. The van der Waals surface area contributed by atoms with Crippen LogP contribution in [0.4, 0.5) is 0 Å². The number of rotatable bonds is 4. The molecule has 4 rings (SSSR count). The second kappa shape index (κ2) is 7.70. The molecular weight excluding hydrogens is 378 g/mol. The zero-order valence-electron chi connectivity index (χ0n) is 15.7. The number of hydrogen-bond donors (Lipinski definition) is 1. The number of aryl methyl sites for hydroxylation is 1. The van der Waals surface area contributed by atoms with Crippen LogP contribution in [0.15, 0.2) is 42.5 Å². The van der Waals surface area contributed by atoms with Crippen molar-refractivity contribution < 1.29 is 19.3 Å². The lowest BCUT2D eigenvalue weighted by atomic mass is 9.98. The van der Waals surface area contributed by atoms with Crippen LogP contribution in [-0.4, -0.2) is 30.4 Å². The van der Waals surface area contributed by atoms with Gasteiger partial charge in [0.2, 0.25) is 5.88 Å². The van der Waals surface area contributed by atoms with Gasteiger partial charge in [-0.25, -0.2) is 4.98 Å². The summed E-state index contributed by atoms with van der Waals surface area (Å²) in [4.78, 5) is 4.59. The highest BCUT2D eigenvalue weighted by Crippen LogP contribution is 2.41. The number of aliphatic hydroxyl groups is 1. The molecule has 0 fully saturated rings. The first kappa shape index (κ1) is 18.6. The summed E-state index contributed by atoms with van der Waals surface area (Å²) < 4.78 is 16.6. The molecule has 0 aliphatic carbocycles. The maximum Gasteiger partial charge on any atom is 0.219 e. The molecule has 2 aromatic carbocycles. The lowest BCUT2D eigenvalue weighted by Crippen LogP contribution is -2.15. The van der Waals surface area contributed by atoms with Crippen molar-refractivity contribution >= 4 is 11.6 Å². The number of halogens is 1. The summed E-state index contributed by atoms with van der Waals surface area (Å²) >= 11 is 6.80. The van der Waals surface area contributed by atoms with Gasteiger partial charge in [-0.3, -0.25) is 0 Å². The fourth-order valence-electron chi connectivity index (χ4n) is 3.36. The van der Waals surface area contributed by atoms with Crippen molar-refractivity contribution in [2.24, 2.45) is 0 Å². The molecule has 5 nitrogen and oxygen atoms in total. The van der Waals surface area contributed by atoms with E-state index in [0.717, 1.165) is 33.7 Å². The Morgan fingerprint density at radius 2 is 1.82 bits per heavy atom. The summed E-state index contributed by atoms with van der Waals surface area (Å²) in [7, 11) is 1.54. The average Bonchev–Trinajstić information content (AvgIpc) is 2.73. The summed E-state index contributed by atoms with van der Waals surface area (Å²) in [6.07, 6.45) is 0. The number of hydrogen-bond acceptors (Lipinski definition) is 5. The summed E-state index contributed by atoms with van der Waals surface area (Å²) in [5.41, 5.74) is 4.89. The maximum absolute atomic E-state index is 9.51. The van der Waals surface area contributed by atoms with Gasteiger partial charge < -0.3 is 19.3 Å². The standard InChI is InChI=1S/C22H20ClNO4/c1-13-10-15(12-25)22(26-2)24-21(13)17-5-3-4-16(20(17)23)14-6-7-18-19(11-14)28-9-8-27-18/h3-7,10-11,25H,8-9,12H2,1-2H3. The molecule has 1 aromatic heterocycles. The van der Waals surface area contributed by atoms with E-state index in [-0.39, 0.29) is 6.61 Å². The number of fused-ring (bicyclic) bond motifs is 1. The number of pyridine rings is 1.